The lowest BCUT2D eigenvalue weighted by molar-refractivity contribution is 0.0732. The summed E-state index contributed by atoms with van der Waals surface area (Å²) in [6.07, 6.45) is 10.2. The first-order chi connectivity index (χ1) is 16.1. The van der Waals surface area contributed by atoms with E-state index in [4.69, 9.17) is 16.7 Å². The number of carbonyl (C=O) groups excluding carboxylic acids is 1. The fourth-order valence-electron chi connectivity index (χ4n) is 6.66. The molecule has 34 heavy (non-hydrogen) atoms. The van der Waals surface area contributed by atoms with Crippen LogP contribution in [0.3, 0.4) is 0 Å². The summed E-state index contributed by atoms with van der Waals surface area (Å²) < 4.78 is 1.99. The summed E-state index contributed by atoms with van der Waals surface area (Å²) in [5.41, 5.74) is 6.52. The van der Waals surface area contributed by atoms with Crippen molar-refractivity contribution in [2.75, 3.05) is 0 Å². The second-order valence-corrected chi connectivity index (χ2v) is 12.1. The highest BCUT2D eigenvalue weighted by Crippen LogP contribution is 2.62. The molecular weight excluding hydrogens is 442 g/mol. The molecule has 0 saturated heterocycles. The predicted octanol–water partition coefficient (Wildman–Crippen LogP) is 7.12. The standard InChI is InChI=1S/C29H36ClN3O/c1-18-6-8-20(9-7-18)17-33-25(21-10-11-23(30)19(2)14-21)15-24(32-33)26(34)31-27-28(3,4)22-12-13-29(27,5)16-22/h6,8,10-11,14-15,22,27H,7,9,12-13,16-17H2,1-5H3,(H,31,34)/t22-,27-,29+/m1/s1. The molecule has 0 aliphatic heterocycles. The Kier molecular flexibility index (Phi) is 5.79. The van der Waals surface area contributed by atoms with Crippen LogP contribution in [0.5, 0.6) is 0 Å². The van der Waals surface area contributed by atoms with Crippen LogP contribution in [0.2, 0.25) is 5.02 Å². The topological polar surface area (TPSA) is 46.9 Å². The van der Waals surface area contributed by atoms with Crippen LogP contribution in [0.25, 0.3) is 11.3 Å². The molecule has 2 fully saturated rings. The Morgan fingerprint density at radius 2 is 1.97 bits per heavy atom. The van der Waals surface area contributed by atoms with Gasteiger partial charge in [0.05, 0.1) is 12.2 Å². The molecule has 5 rings (SSSR count). The fourth-order valence-corrected chi connectivity index (χ4v) is 6.78. The lowest BCUT2D eigenvalue weighted by atomic mass is 9.68. The monoisotopic (exact) mass is 477 g/mol. The third-order valence-corrected chi connectivity index (χ3v) is 9.23. The van der Waals surface area contributed by atoms with Gasteiger partial charge in [0, 0.05) is 16.6 Å². The number of carbonyl (C=O) groups is 1. The second-order valence-electron chi connectivity index (χ2n) is 11.7. The molecule has 3 aliphatic rings. The smallest absolute Gasteiger partial charge is 0.272 e. The quantitative estimate of drug-likeness (QED) is 0.498. The van der Waals surface area contributed by atoms with Crippen molar-refractivity contribution in [3.63, 3.8) is 0 Å². The van der Waals surface area contributed by atoms with Crippen LogP contribution in [0.1, 0.15) is 75.9 Å². The van der Waals surface area contributed by atoms with Gasteiger partial charge in [-0.25, -0.2) is 0 Å². The summed E-state index contributed by atoms with van der Waals surface area (Å²) >= 11 is 6.30. The highest BCUT2D eigenvalue weighted by atomic mass is 35.5. The van der Waals surface area contributed by atoms with E-state index in [9.17, 15) is 4.79 Å². The van der Waals surface area contributed by atoms with E-state index in [0.717, 1.165) is 34.7 Å². The number of hydrogen-bond donors (Lipinski definition) is 1. The number of fused-ring (bicyclic) bond motifs is 2. The van der Waals surface area contributed by atoms with Crippen LogP contribution >= 0.6 is 11.6 Å². The van der Waals surface area contributed by atoms with E-state index < -0.39 is 0 Å². The molecule has 5 heteroatoms. The normalized spacial score (nSPS) is 27.5. The zero-order chi connectivity index (χ0) is 24.3. The molecule has 1 aromatic carbocycles. The molecule has 2 aromatic rings. The van der Waals surface area contributed by atoms with Crippen molar-refractivity contribution in [2.24, 2.45) is 16.7 Å². The molecule has 1 heterocycles. The third kappa shape index (κ3) is 4.04. The van der Waals surface area contributed by atoms with Crippen molar-refractivity contribution < 1.29 is 4.79 Å². The maximum Gasteiger partial charge on any atom is 0.272 e. The Morgan fingerprint density at radius 3 is 2.62 bits per heavy atom. The average Bonchev–Trinajstić information content (AvgIpc) is 3.44. The lowest BCUT2D eigenvalue weighted by Crippen LogP contribution is -2.52. The van der Waals surface area contributed by atoms with Crippen molar-refractivity contribution >= 4 is 17.5 Å². The van der Waals surface area contributed by atoms with Gasteiger partial charge < -0.3 is 5.32 Å². The molecule has 1 amide bonds. The lowest BCUT2D eigenvalue weighted by Gasteiger charge is -2.42. The van der Waals surface area contributed by atoms with E-state index in [1.807, 2.05) is 29.8 Å². The van der Waals surface area contributed by atoms with Gasteiger partial charge in [-0.2, -0.15) is 5.10 Å². The number of halogens is 1. The summed E-state index contributed by atoms with van der Waals surface area (Å²) in [4.78, 5) is 13.5. The molecule has 2 bridgehead atoms. The molecule has 0 spiro atoms. The maximum absolute atomic E-state index is 13.5. The Morgan fingerprint density at radius 1 is 1.18 bits per heavy atom. The number of nitrogens with zero attached hydrogens (tertiary/aromatic N) is 2. The van der Waals surface area contributed by atoms with Gasteiger partial charge in [0.25, 0.3) is 5.91 Å². The van der Waals surface area contributed by atoms with Gasteiger partial charge in [-0.15, -0.1) is 0 Å². The van der Waals surface area contributed by atoms with E-state index in [2.05, 4.69) is 51.2 Å². The first-order valence-corrected chi connectivity index (χ1v) is 12.9. The van der Waals surface area contributed by atoms with E-state index in [-0.39, 0.29) is 22.8 Å². The Hall–Kier alpha value is -2.33. The van der Waals surface area contributed by atoms with Gasteiger partial charge in [0.15, 0.2) is 5.69 Å². The van der Waals surface area contributed by atoms with Crippen LogP contribution in [0, 0.1) is 23.7 Å². The van der Waals surface area contributed by atoms with Crippen LogP contribution < -0.4 is 5.32 Å². The van der Waals surface area contributed by atoms with Gasteiger partial charge in [0.2, 0.25) is 0 Å². The van der Waals surface area contributed by atoms with E-state index in [1.165, 1.54) is 30.4 Å². The first-order valence-electron chi connectivity index (χ1n) is 12.6. The molecule has 0 radical (unpaired) electrons. The minimum Gasteiger partial charge on any atom is -0.347 e. The molecule has 3 aliphatic carbocycles. The Labute approximate surface area is 208 Å². The van der Waals surface area contributed by atoms with Crippen molar-refractivity contribution in [2.45, 2.75) is 79.3 Å². The number of aromatic nitrogens is 2. The molecule has 3 atom stereocenters. The van der Waals surface area contributed by atoms with Crippen LogP contribution in [-0.4, -0.2) is 21.7 Å². The van der Waals surface area contributed by atoms with Gasteiger partial charge in [-0.05, 0) is 92.0 Å². The van der Waals surface area contributed by atoms with Crippen molar-refractivity contribution in [1.82, 2.24) is 15.1 Å². The highest BCUT2D eigenvalue weighted by Gasteiger charge is 2.59. The SMILES string of the molecule is CC1=CC=C(Cn2nc(C(=O)N[C@@H]3C(C)(C)[C@@H]4CC[C@@]3(C)C4)cc2-c2ccc(Cl)c(C)c2)CC1. The largest absolute Gasteiger partial charge is 0.347 e. The first kappa shape index (κ1) is 23.4. The summed E-state index contributed by atoms with van der Waals surface area (Å²) in [5.74, 6) is 0.619. The van der Waals surface area contributed by atoms with E-state index >= 15 is 0 Å². The number of aryl methyl sites for hydroxylation is 1. The minimum atomic E-state index is -0.0640. The third-order valence-electron chi connectivity index (χ3n) is 8.81. The number of rotatable bonds is 5. The molecule has 180 valence electrons. The van der Waals surface area contributed by atoms with Crippen molar-refractivity contribution in [3.8, 4) is 11.3 Å². The van der Waals surface area contributed by atoms with Gasteiger partial charge >= 0.3 is 0 Å². The summed E-state index contributed by atoms with van der Waals surface area (Å²) in [7, 11) is 0. The van der Waals surface area contributed by atoms with Crippen LogP contribution in [-0.2, 0) is 6.54 Å². The summed E-state index contributed by atoms with van der Waals surface area (Å²) in [6.45, 7) is 11.8. The number of nitrogens with one attached hydrogen (secondary N) is 1. The molecule has 1 N–H and O–H groups in total. The number of hydrogen-bond acceptors (Lipinski definition) is 2. The van der Waals surface area contributed by atoms with Crippen molar-refractivity contribution in [3.05, 3.63) is 63.8 Å². The molecule has 2 saturated carbocycles. The highest BCUT2D eigenvalue weighted by molar-refractivity contribution is 6.31. The molecule has 1 aromatic heterocycles. The zero-order valence-corrected chi connectivity index (χ0v) is 21.8. The maximum atomic E-state index is 13.5. The van der Waals surface area contributed by atoms with Crippen molar-refractivity contribution in [1.29, 1.82) is 0 Å². The molecule has 4 nitrogen and oxygen atoms in total. The van der Waals surface area contributed by atoms with E-state index in [0.29, 0.717) is 18.2 Å². The zero-order valence-electron chi connectivity index (χ0n) is 21.0. The van der Waals surface area contributed by atoms with Crippen LogP contribution in [0.15, 0.2) is 47.6 Å². The van der Waals surface area contributed by atoms with Gasteiger partial charge in [-0.3, -0.25) is 9.48 Å². The fraction of sp³-hybridized carbons (Fsp3) is 0.517. The molecular formula is C29H36ClN3O. The summed E-state index contributed by atoms with van der Waals surface area (Å²) in [5, 5.41) is 9.00. The predicted molar refractivity (Wildman–Crippen MR) is 139 cm³/mol. The Balaban J connectivity index is 1.47. The number of benzene rings is 1. The average molecular weight is 478 g/mol. The van der Waals surface area contributed by atoms with Gasteiger partial charge in [0.1, 0.15) is 0 Å². The Bertz CT molecular complexity index is 1200. The second kappa shape index (κ2) is 8.41. The summed E-state index contributed by atoms with van der Waals surface area (Å²) in [6, 6.07) is 8.14. The van der Waals surface area contributed by atoms with Gasteiger partial charge in [-0.1, -0.05) is 56.2 Å². The number of amides is 1. The molecule has 0 unspecified atom stereocenters. The van der Waals surface area contributed by atoms with Crippen LogP contribution in [0.4, 0.5) is 0 Å². The minimum absolute atomic E-state index is 0.0640. The van der Waals surface area contributed by atoms with E-state index in [1.54, 1.807) is 0 Å². The number of allylic oxidation sites excluding steroid dienone is 4.